The average Bonchev–Trinajstić information content (AvgIpc) is 2.77. The quantitative estimate of drug-likeness (QED) is 0.741. The number of para-hydroxylation sites is 1. The molecule has 0 saturated heterocycles. The number of anilines is 1. The first-order valence-corrected chi connectivity index (χ1v) is 6.65. The van der Waals surface area contributed by atoms with E-state index in [1.165, 1.54) is 0 Å². The molecule has 2 N–H and O–H groups in total. The van der Waals surface area contributed by atoms with Crippen molar-refractivity contribution in [1.29, 1.82) is 0 Å². The second-order valence-corrected chi connectivity index (χ2v) is 5.06. The number of hydrogen-bond donors (Lipinski definition) is 1. The summed E-state index contributed by atoms with van der Waals surface area (Å²) in [4.78, 5) is 12.2. The SMILES string of the molecule is Nc1nn(C(=O)Oc2ccccc2)c2cc(Br)ccc12. The van der Waals surface area contributed by atoms with Crippen molar-refractivity contribution in [3.05, 3.63) is 53.0 Å². The Bertz CT molecular complexity index is 784. The van der Waals surface area contributed by atoms with Gasteiger partial charge in [-0.3, -0.25) is 0 Å². The molecule has 6 heteroatoms. The number of nitrogen functional groups attached to an aromatic ring is 1. The summed E-state index contributed by atoms with van der Waals surface area (Å²) in [6.45, 7) is 0. The molecular formula is C14H10BrN3O2. The normalized spacial score (nSPS) is 10.7. The monoisotopic (exact) mass is 331 g/mol. The molecule has 0 aliphatic rings. The van der Waals surface area contributed by atoms with Gasteiger partial charge in [0.1, 0.15) is 5.75 Å². The number of benzene rings is 2. The van der Waals surface area contributed by atoms with Crippen LogP contribution in [0.15, 0.2) is 53.0 Å². The summed E-state index contributed by atoms with van der Waals surface area (Å²) in [7, 11) is 0. The molecule has 3 rings (SSSR count). The first-order chi connectivity index (χ1) is 9.65. The van der Waals surface area contributed by atoms with Crippen molar-refractivity contribution in [3.63, 3.8) is 0 Å². The fourth-order valence-corrected chi connectivity index (χ4v) is 2.23. The van der Waals surface area contributed by atoms with Crippen LogP contribution in [0.3, 0.4) is 0 Å². The third-order valence-corrected chi connectivity index (χ3v) is 3.29. The molecular weight excluding hydrogens is 322 g/mol. The van der Waals surface area contributed by atoms with E-state index in [4.69, 9.17) is 10.5 Å². The zero-order chi connectivity index (χ0) is 14.1. The van der Waals surface area contributed by atoms with Crippen molar-refractivity contribution in [1.82, 2.24) is 9.78 Å². The Morgan fingerprint density at radius 3 is 2.70 bits per heavy atom. The lowest BCUT2D eigenvalue weighted by molar-refractivity contribution is 0.200. The highest BCUT2D eigenvalue weighted by molar-refractivity contribution is 9.10. The van der Waals surface area contributed by atoms with Gasteiger partial charge < -0.3 is 10.5 Å². The average molecular weight is 332 g/mol. The van der Waals surface area contributed by atoms with Gasteiger partial charge in [0.2, 0.25) is 0 Å². The van der Waals surface area contributed by atoms with Gasteiger partial charge in [-0.1, -0.05) is 34.1 Å². The van der Waals surface area contributed by atoms with Crippen LogP contribution in [0.25, 0.3) is 10.9 Å². The fraction of sp³-hybridized carbons (Fsp3) is 0. The molecule has 0 aliphatic heterocycles. The van der Waals surface area contributed by atoms with Gasteiger partial charge in [-0.15, -0.1) is 5.10 Å². The zero-order valence-corrected chi connectivity index (χ0v) is 11.9. The third-order valence-electron chi connectivity index (χ3n) is 2.79. The summed E-state index contributed by atoms with van der Waals surface area (Å²) in [5, 5.41) is 4.73. The molecule has 0 aliphatic carbocycles. The topological polar surface area (TPSA) is 70.1 Å². The van der Waals surface area contributed by atoms with Gasteiger partial charge in [-0.25, -0.2) is 4.79 Å². The van der Waals surface area contributed by atoms with Gasteiger partial charge in [0.25, 0.3) is 0 Å². The summed E-state index contributed by atoms with van der Waals surface area (Å²) < 4.78 is 7.24. The van der Waals surface area contributed by atoms with Crippen LogP contribution in [-0.4, -0.2) is 15.9 Å². The van der Waals surface area contributed by atoms with E-state index in [1.54, 1.807) is 36.4 Å². The molecule has 3 aromatic rings. The minimum Gasteiger partial charge on any atom is -0.409 e. The summed E-state index contributed by atoms with van der Waals surface area (Å²) in [6, 6.07) is 14.2. The maximum atomic E-state index is 12.2. The Hall–Kier alpha value is -2.34. The predicted octanol–water partition coefficient (Wildman–Crippen LogP) is 3.43. The van der Waals surface area contributed by atoms with E-state index in [0.717, 1.165) is 9.15 Å². The lowest BCUT2D eigenvalue weighted by atomic mass is 10.2. The molecule has 0 spiro atoms. The van der Waals surface area contributed by atoms with Gasteiger partial charge >= 0.3 is 6.09 Å². The molecule has 2 aromatic carbocycles. The van der Waals surface area contributed by atoms with Gasteiger partial charge in [0.15, 0.2) is 5.82 Å². The number of fused-ring (bicyclic) bond motifs is 1. The molecule has 1 heterocycles. The number of carbonyl (C=O) groups excluding carboxylic acids is 1. The summed E-state index contributed by atoms with van der Waals surface area (Å²) in [5.74, 6) is 0.743. The summed E-state index contributed by atoms with van der Waals surface area (Å²) in [5.41, 5.74) is 6.40. The van der Waals surface area contributed by atoms with E-state index in [2.05, 4.69) is 21.0 Å². The van der Waals surface area contributed by atoms with E-state index in [0.29, 0.717) is 16.7 Å². The predicted molar refractivity (Wildman–Crippen MR) is 79.7 cm³/mol. The Morgan fingerprint density at radius 1 is 1.20 bits per heavy atom. The van der Waals surface area contributed by atoms with Crippen LogP contribution in [0.1, 0.15) is 0 Å². The van der Waals surface area contributed by atoms with Crippen LogP contribution in [0.5, 0.6) is 5.75 Å². The van der Waals surface area contributed by atoms with Crippen molar-refractivity contribution < 1.29 is 9.53 Å². The largest absolute Gasteiger partial charge is 0.440 e. The number of aromatic nitrogens is 2. The minimum atomic E-state index is -0.601. The lowest BCUT2D eigenvalue weighted by Crippen LogP contribution is -2.18. The van der Waals surface area contributed by atoms with Crippen molar-refractivity contribution in [2.45, 2.75) is 0 Å². The molecule has 0 amide bonds. The highest BCUT2D eigenvalue weighted by atomic mass is 79.9. The van der Waals surface area contributed by atoms with Gasteiger partial charge in [-0.2, -0.15) is 4.68 Å². The Kier molecular flexibility index (Phi) is 3.15. The minimum absolute atomic E-state index is 0.289. The molecule has 5 nitrogen and oxygen atoms in total. The first-order valence-electron chi connectivity index (χ1n) is 5.86. The molecule has 0 saturated carbocycles. The standard InChI is InChI=1S/C14H10BrN3O2/c15-9-6-7-11-12(8-9)18(17-13(11)16)14(19)20-10-4-2-1-3-5-10/h1-8H,(H2,16,17). The number of halogens is 1. The highest BCUT2D eigenvalue weighted by Gasteiger charge is 2.16. The molecule has 20 heavy (non-hydrogen) atoms. The fourth-order valence-electron chi connectivity index (χ4n) is 1.88. The second kappa shape index (κ2) is 4.97. The van der Waals surface area contributed by atoms with Crippen LogP contribution < -0.4 is 10.5 Å². The Morgan fingerprint density at radius 2 is 1.95 bits per heavy atom. The van der Waals surface area contributed by atoms with E-state index < -0.39 is 6.09 Å². The lowest BCUT2D eigenvalue weighted by Gasteiger charge is -2.04. The van der Waals surface area contributed by atoms with Crippen molar-refractivity contribution in [2.24, 2.45) is 0 Å². The maximum Gasteiger partial charge on any atom is 0.440 e. The number of nitrogens with zero attached hydrogens (tertiary/aromatic N) is 2. The van der Waals surface area contributed by atoms with Crippen LogP contribution in [0.4, 0.5) is 10.6 Å². The van der Waals surface area contributed by atoms with Gasteiger partial charge in [0.05, 0.1) is 5.52 Å². The molecule has 0 fully saturated rings. The number of hydrogen-bond acceptors (Lipinski definition) is 4. The Labute approximate surface area is 123 Å². The smallest absolute Gasteiger partial charge is 0.409 e. The number of rotatable bonds is 1. The van der Waals surface area contributed by atoms with E-state index in [1.807, 2.05) is 12.1 Å². The highest BCUT2D eigenvalue weighted by Crippen LogP contribution is 2.24. The van der Waals surface area contributed by atoms with Crippen LogP contribution in [0.2, 0.25) is 0 Å². The van der Waals surface area contributed by atoms with E-state index in [-0.39, 0.29) is 5.82 Å². The van der Waals surface area contributed by atoms with Gasteiger partial charge in [0, 0.05) is 9.86 Å². The molecule has 0 unspecified atom stereocenters. The number of carbonyl (C=O) groups is 1. The van der Waals surface area contributed by atoms with E-state index in [9.17, 15) is 4.79 Å². The number of ether oxygens (including phenoxy) is 1. The van der Waals surface area contributed by atoms with Gasteiger partial charge in [-0.05, 0) is 30.3 Å². The van der Waals surface area contributed by atoms with Crippen molar-refractivity contribution in [2.75, 3.05) is 5.73 Å². The van der Waals surface area contributed by atoms with E-state index >= 15 is 0 Å². The molecule has 0 atom stereocenters. The molecule has 0 bridgehead atoms. The third kappa shape index (κ3) is 2.25. The second-order valence-electron chi connectivity index (χ2n) is 4.14. The molecule has 100 valence electrons. The molecule has 1 aromatic heterocycles. The van der Waals surface area contributed by atoms with Crippen LogP contribution in [0, 0.1) is 0 Å². The van der Waals surface area contributed by atoms with Crippen LogP contribution in [-0.2, 0) is 0 Å². The van der Waals surface area contributed by atoms with Crippen LogP contribution >= 0.6 is 15.9 Å². The zero-order valence-electron chi connectivity index (χ0n) is 10.3. The van der Waals surface area contributed by atoms with Crippen molar-refractivity contribution in [3.8, 4) is 5.75 Å². The summed E-state index contributed by atoms with van der Waals surface area (Å²) in [6.07, 6.45) is -0.601. The first kappa shape index (κ1) is 12.7. The van der Waals surface area contributed by atoms with Crippen molar-refractivity contribution >= 4 is 38.7 Å². The number of nitrogens with two attached hydrogens (primary N) is 1. The Balaban J connectivity index is 2.01. The summed E-state index contributed by atoms with van der Waals surface area (Å²) >= 11 is 3.36. The maximum absolute atomic E-state index is 12.2. The molecule has 0 radical (unpaired) electrons.